The van der Waals surface area contributed by atoms with E-state index in [-0.39, 0.29) is 16.1 Å². The third kappa shape index (κ3) is 1.19. The Morgan fingerprint density at radius 2 is 2.15 bits per heavy atom. The van der Waals surface area contributed by atoms with Crippen molar-refractivity contribution in [1.29, 1.82) is 0 Å². The van der Waals surface area contributed by atoms with Gasteiger partial charge in [0.15, 0.2) is 0 Å². The van der Waals surface area contributed by atoms with Crippen LogP contribution in [0.4, 0.5) is 4.39 Å². The molecule has 68 valence electrons. The van der Waals surface area contributed by atoms with Crippen molar-refractivity contribution in [3.8, 4) is 0 Å². The molecule has 0 saturated heterocycles. The fourth-order valence-electron chi connectivity index (χ4n) is 1.12. The Bertz CT molecular complexity index is 533. The number of hydrogen-bond acceptors (Lipinski definition) is 1. The van der Waals surface area contributed by atoms with Crippen LogP contribution in [-0.4, -0.2) is 10.2 Å². The molecular formula is C7H3BrClFN2O. The molecule has 1 aromatic carbocycles. The Labute approximate surface area is 85.0 Å². The van der Waals surface area contributed by atoms with Crippen LogP contribution >= 0.6 is 27.5 Å². The molecular weight excluding hydrogens is 262 g/mol. The summed E-state index contributed by atoms with van der Waals surface area (Å²) in [6.07, 6.45) is 0. The zero-order valence-corrected chi connectivity index (χ0v) is 8.46. The van der Waals surface area contributed by atoms with Crippen molar-refractivity contribution in [2.24, 2.45) is 0 Å². The molecule has 1 heterocycles. The first-order valence-corrected chi connectivity index (χ1v) is 4.52. The van der Waals surface area contributed by atoms with E-state index in [0.717, 1.165) is 6.07 Å². The summed E-state index contributed by atoms with van der Waals surface area (Å²) in [5.41, 5.74) is -0.0534. The molecule has 2 N–H and O–H groups in total. The monoisotopic (exact) mass is 264 g/mol. The second kappa shape index (κ2) is 2.85. The molecule has 6 heteroatoms. The highest BCUT2D eigenvalue weighted by molar-refractivity contribution is 9.10. The lowest BCUT2D eigenvalue weighted by Gasteiger charge is -1.96. The number of rotatable bonds is 0. The van der Waals surface area contributed by atoms with Gasteiger partial charge in [-0.1, -0.05) is 11.6 Å². The number of fused-ring (bicyclic) bond motifs is 1. The summed E-state index contributed by atoms with van der Waals surface area (Å²) in [4.78, 5) is 11.2. The Kier molecular flexibility index (Phi) is 1.92. The lowest BCUT2D eigenvalue weighted by Crippen LogP contribution is -1.98. The minimum Gasteiger partial charge on any atom is -0.296 e. The minimum atomic E-state index is -0.573. The quantitative estimate of drug-likeness (QED) is 0.706. The van der Waals surface area contributed by atoms with Crippen molar-refractivity contribution < 1.29 is 4.39 Å². The second-order valence-electron chi connectivity index (χ2n) is 2.48. The lowest BCUT2D eigenvalue weighted by atomic mass is 10.2. The maximum atomic E-state index is 13.0. The van der Waals surface area contributed by atoms with Gasteiger partial charge in [-0.25, -0.2) is 4.39 Å². The van der Waals surface area contributed by atoms with Gasteiger partial charge in [0, 0.05) is 4.47 Å². The maximum Gasteiger partial charge on any atom is 0.272 e. The Morgan fingerprint density at radius 3 is 2.85 bits per heavy atom. The van der Waals surface area contributed by atoms with E-state index in [1.54, 1.807) is 0 Å². The predicted octanol–water partition coefficient (Wildman–Crippen LogP) is 2.41. The van der Waals surface area contributed by atoms with Gasteiger partial charge in [-0.3, -0.25) is 15.0 Å². The molecule has 0 atom stereocenters. The molecule has 13 heavy (non-hydrogen) atoms. The van der Waals surface area contributed by atoms with E-state index in [1.165, 1.54) is 0 Å². The molecule has 0 aliphatic rings. The fraction of sp³-hybridized carbons (Fsp3) is 0. The smallest absolute Gasteiger partial charge is 0.272 e. The van der Waals surface area contributed by atoms with Crippen LogP contribution in [0.2, 0.25) is 5.02 Å². The summed E-state index contributed by atoms with van der Waals surface area (Å²) < 4.78 is 13.4. The second-order valence-corrected chi connectivity index (χ2v) is 3.72. The van der Waals surface area contributed by atoms with Crippen molar-refractivity contribution >= 4 is 38.4 Å². The van der Waals surface area contributed by atoms with E-state index in [0.29, 0.717) is 9.86 Å². The van der Waals surface area contributed by atoms with Gasteiger partial charge in [0.05, 0.1) is 10.9 Å². The molecule has 0 fully saturated rings. The van der Waals surface area contributed by atoms with Crippen molar-refractivity contribution in [1.82, 2.24) is 10.2 Å². The van der Waals surface area contributed by atoms with Crippen LogP contribution < -0.4 is 5.56 Å². The van der Waals surface area contributed by atoms with Crippen LogP contribution in [0, 0.1) is 5.82 Å². The van der Waals surface area contributed by atoms with Gasteiger partial charge in [0.25, 0.3) is 5.56 Å². The van der Waals surface area contributed by atoms with E-state index < -0.39 is 5.82 Å². The number of hydrogen-bond donors (Lipinski definition) is 2. The summed E-state index contributed by atoms with van der Waals surface area (Å²) >= 11 is 8.70. The zero-order valence-electron chi connectivity index (χ0n) is 6.12. The van der Waals surface area contributed by atoms with E-state index >= 15 is 0 Å². The number of benzene rings is 1. The molecule has 1 aromatic heterocycles. The summed E-state index contributed by atoms with van der Waals surface area (Å²) in [5, 5.41) is 5.06. The zero-order chi connectivity index (χ0) is 9.59. The predicted molar refractivity (Wildman–Crippen MR) is 51.6 cm³/mol. The van der Waals surface area contributed by atoms with Crippen molar-refractivity contribution in [2.45, 2.75) is 0 Å². The van der Waals surface area contributed by atoms with E-state index in [1.807, 2.05) is 0 Å². The molecule has 0 bridgehead atoms. The number of nitrogens with one attached hydrogen (secondary N) is 2. The van der Waals surface area contributed by atoms with Crippen molar-refractivity contribution in [3.05, 3.63) is 31.7 Å². The van der Waals surface area contributed by atoms with Gasteiger partial charge in [0.2, 0.25) is 0 Å². The minimum absolute atomic E-state index is 0.0865. The van der Waals surface area contributed by atoms with Gasteiger partial charge < -0.3 is 0 Å². The van der Waals surface area contributed by atoms with Gasteiger partial charge in [-0.2, -0.15) is 0 Å². The van der Waals surface area contributed by atoms with Crippen molar-refractivity contribution in [3.63, 3.8) is 0 Å². The molecule has 2 rings (SSSR count). The normalized spacial score (nSPS) is 11.0. The summed E-state index contributed by atoms with van der Waals surface area (Å²) in [5.74, 6) is -0.573. The molecule has 0 saturated carbocycles. The molecule has 2 aromatic rings. The Morgan fingerprint density at radius 1 is 1.46 bits per heavy atom. The van der Waals surface area contributed by atoms with Crippen LogP contribution in [0.3, 0.4) is 0 Å². The third-order valence-electron chi connectivity index (χ3n) is 1.70. The maximum absolute atomic E-state index is 13.0. The SMILES string of the molecule is O=c1[nH][nH]c2c(Cl)c(F)cc(Br)c12. The highest BCUT2D eigenvalue weighted by Gasteiger charge is 2.13. The number of aromatic amines is 2. The standard InChI is InChI=1S/C7H3BrClFN2O/c8-2-1-3(10)5(9)6-4(2)7(13)12-11-6/h1H,(H2,11,12,13). The fourth-order valence-corrected chi connectivity index (χ4v) is 1.89. The average Bonchev–Trinajstić information content (AvgIpc) is 2.44. The van der Waals surface area contributed by atoms with E-state index in [2.05, 4.69) is 26.1 Å². The molecule has 0 spiro atoms. The lowest BCUT2D eigenvalue weighted by molar-refractivity contribution is 0.629. The highest BCUT2D eigenvalue weighted by Crippen LogP contribution is 2.28. The Balaban J connectivity index is 3.08. The number of aromatic nitrogens is 2. The van der Waals surface area contributed by atoms with E-state index in [4.69, 9.17) is 11.6 Å². The largest absolute Gasteiger partial charge is 0.296 e. The topological polar surface area (TPSA) is 48.6 Å². The Hall–Kier alpha value is -0.810. The van der Waals surface area contributed by atoms with Crippen LogP contribution in [0.15, 0.2) is 15.3 Å². The first-order chi connectivity index (χ1) is 6.11. The summed E-state index contributed by atoms with van der Waals surface area (Å²) in [6.45, 7) is 0. The molecule has 0 radical (unpaired) electrons. The highest BCUT2D eigenvalue weighted by atomic mass is 79.9. The molecule has 0 unspecified atom stereocenters. The van der Waals surface area contributed by atoms with Crippen molar-refractivity contribution in [2.75, 3.05) is 0 Å². The van der Waals surface area contributed by atoms with Gasteiger partial charge in [0.1, 0.15) is 10.8 Å². The van der Waals surface area contributed by atoms with Gasteiger partial charge >= 0.3 is 0 Å². The first kappa shape index (κ1) is 8.77. The summed E-state index contributed by atoms with van der Waals surface area (Å²) in [6, 6.07) is 1.16. The van der Waals surface area contributed by atoms with Crippen LogP contribution in [0.25, 0.3) is 10.9 Å². The molecule has 0 aliphatic carbocycles. The van der Waals surface area contributed by atoms with Crippen LogP contribution in [0.1, 0.15) is 0 Å². The third-order valence-corrected chi connectivity index (χ3v) is 2.69. The first-order valence-electron chi connectivity index (χ1n) is 3.35. The molecule has 0 aliphatic heterocycles. The summed E-state index contributed by atoms with van der Waals surface area (Å²) in [7, 11) is 0. The number of halogens is 3. The van der Waals surface area contributed by atoms with Crippen LogP contribution in [-0.2, 0) is 0 Å². The van der Waals surface area contributed by atoms with E-state index in [9.17, 15) is 9.18 Å². The molecule has 0 amide bonds. The van der Waals surface area contributed by atoms with Crippen LogP contribution in [0.5, 0.6) is 0 Å². The van der Waals surface area contributed by atoms with Gasteiger partial charge in [-0.15, -0.1) is 0 Å². The molecule has 3 nitrogen and oxygen atoms in total. The average molecular weight is 265 g/mol. The number of H-pyrrole nitrogens is 2. The van der Waals surface area contributed by atoms with Gasteiger partial charge in [-0.05, 0) is 22.0 Å².